The summed E-state index contributed by atoms with van der Waals surface area (Å²) < 4.78 is 5.48. The van der Waals surface area contributed by atoms with Crippen LogP contribution in [0.15, 0.2) is 66.7 Å². The number of ether oxygens (including phenoxy) is 1. The number of carbonyl (C=O) groups excluding carboxylic acids is 1. The van der Waals surface area contributed by atoms with E-state index in [2.05, 4.69) is 17.4 Å². The number of nitrogens with one attached hydrogen (secondary N) is 1. The van der Waals surface area contributed by atoms with Gasteiger partial charge in [-0.2, -0.15) is 0 Å². The highest BCUT2D eigenvalue weighted by atomic mass is 16.5. The fourth-order valence-corrected chi connectivity index (χ4v) is 3.88. The number of fused-ring (bicyclic) bond motifs is 3. The minimum Gasteiger partial charge on any atom is -0.505 e. The topological polar surface area (TPSA) is 95.9 Å². The largest absolute Gasteiger partial charge is 0.505 e. The Morgan fingerprint density at radius 3 is 2.17 bits per heavy atom. The van der Waals surface area contributed by atoms with Crippen LogP contribution < -0.4 is 5.32 Å². The van der Waals surface area contributed by atoms with Crippen molar-refractivity contribution in [2.75, 3.05) is 11.9 Å². The Morgan fingerprint density at radius 1 is 0.900 bits per heavy atom. The quantitative estimate of drug-likeness (QED) is 0.515. The van der Waals surface area contributed by atoms with Gasteiger partial charge in [-0.05, 0) is 40.3 Å². The molecule has 0 heterocycles. The summed E-state index contributed by atoms with van der Waals surface area (Å²) in [6.07, 6.45) is -0.619. The first-order valence-electron chi connectivity index (χ1n) is 9.69. The van der Waals surface area contributed by atoms with Gasteiger partial charge in [-0.25, -0.2) is 4.79 Å². The Hall–Kier alpha value is -3.80. The first-order chi connectivity index (χ1) is 14.5. The molecule has 0 atom stereocenters. The molecule has 0 spiro atoms. The Balaban J connectivity index is 1.45. The van der Waals surface area contributed by atoms with Crippen molar-refractivity contribution >= 4 is 17.7 Å². The van der Waals surface area contributed by atoms with E-state index in [1.807, 2.05) is 36.4 Å². The molecule has 3 aromatic rings. The van der Waals surface area contributed by atoms with Crippen molar-refractivity contribution in [3.8, 4) is 16.9 Å². The molecule has 0 bridgehead atoms. The van der Waals surface area contributed by atoms with Crippen molar-refractivity contribution in [1.82, 2.24) is 0 Å². The molecule has 0 aliphatic heterocycles. The second kappa shape index (κ2) is 8.29. The van der Waals surface area contributed by atoms with Crippen molar-refractivity contribution in [2.45, 2.75) is 18.8 Å². The summed E-state index contributed by atoms with van der Waals surface area (Å²) >= 11 is 0. The third-order valence-electron chi connectivity index (χ3n) is 5.31. The second-order valence-electron chi connectivity index (χ2n) is 7.16. The van der Waals surface area contributed by atoms with Crippen LogP contribution in [0.1, 0.15) is 29.0 Å². The van der Waals surface area contributed by atoms with Crippen LogP contribution in [0.5, 0.6) is 5.75 Å². The minimum atomic E-state index is -0.954. The molecule has 3 aromatic carbocycles. The van der Waals surface area contributed by atoms with Crippen LogP contribution >= 0.6 is 0 Å². The van der Waals surface area contributed by atoms with Crippen LogP contribution in [0.25, 0.3) is 11.1 Å². The predicted octanol–water partition coefficient (Wildman–Crippen LogP) is 4.77. The second-order valence-corrected chi connectivity index (χ2v) is 7.16. The average Bonchev–Trinajstić information content (AvgIpc) is 3.07. The Morgan fingerprint density at radius 2 is 1.53 bits per heavy atom. The predicted molar refractivity (Wildman–Crippen MR) is 113 cm³/mol. The van der Waals surface area contributed by atoms with Crippen LogP contribution in [0, 0.1) is 0 Å². The van der Waals surface area contributed by atoms with Gasteiger partial charge in [0.1, 0.15) is 12.4 Å². The van der Waals surface area contributed by atoms with Gasteiger partial charge in [0.25, 0.3) is 0 Å². The van der Waals surface area contributed by atoms with E-state index in [0.29, 0.717) is 5.56 Å². The first-order valence-corrected chi connectivity index (χ1v) is 9.69. The lowest BCUT2D eigenvalue weighted by molar-refractivity contribution is -0.136. The van der Waals surface area contributed by atoms with E-state index in [1.54, 1.807) is 18.2 Å². The number of aliphatic carboxylic acids is 1. The summed E-state index contributed by atoms with van der Waals surface area (Å²) in [5.74, 6) is -1.16. The third-order valence-corrected chi connectivity index (χ3v) is 5.31. The highest BCUT2D eigenvalue weighted by Crippen LogP contribution is 2.44. The molecule has 0 saturated heterocycles. The van der Waals surface area contributed by atoms with Crippen LogP contribution in [0.2, 0.25) is 0 Å². The Labute approximate surface area is 173 Å². The average molecular weight is 403 g/mol. The zero-order chi connectivity index (χ0) is 21.1. The van der Waals surface area contributed by atoms with E-state index in [9.17, 15) is 14.7 Å². The van der Waals surface area contributed by atoms with Gasteiger partial charge in [0.15, 0.2) is 0 Å². The normalized spacial score (nSPS) is 12.1. The molecule has 0 aromatic heterocycles. The zero-order valence-corrected chi connectivity index (χ0v) is 16.2. The van der Waals surface area contributed by atoms with Crippen LogP contribution in [0.4, 0.5) is 10.5 Å². The molecular formula is C24H21NO5. The smallest absolute Gasteiger partial charge is 0.411 e. The maximum absolute atomic E-state index is 12.4. The molecule has 0 fully saturated rings. The number of carbonyl (C=O) groups is 2. The number of anilines is 1. The highest BCUT2D eigenvalue weighted by Gasteiger charge is 2.29. The van der Waals surface area contributed by atoms with Crippen molar-refractivity contribution < 1.29 is 24.5 Å². The van der Waals surface area contributed by atoms with E-state index < -0.39 is 12.1 Å². The lowest BCUT2D eigenvalue weighted by Gasteiger charge is -2.15. The fraction of sp³-hybridized carbons (Fsp3) is 0.167. The van der Waals surface area contributed by atoms with Crippen LogP contribution in [-0.2, 0) is 16.0 Å². The molecule has 0 saturated carbocycles. The first kappa shape index (κ1) is 19.5. The molecule has 1 aliphatic carbocycles. The van der Waals surface area contributed by atoms with Gasteiger partial charge in [-0.3, -0.25) is 10.1 Å². The van der Waals surface area contributed by atoms with Crippen molar-refractivity contribution in [3.63, 3.8) is 0 Å². The van der Waals surface area contributed by atoms with Crippen LogP contribution in [0.3, 0.4) is 0 Å². The van der Waals surface area contributed by atoms with Gasteiger partial charge in [0.05, 0.1) is 5.69 Å². The van der Waals surface area contributed by atoms with Crippen molar-refractivity contribution in [3.05, 3.63) is 83.4 Å². The van der Waals surface area contributed by atoms with E-state index >= 15 is 0 Å². The summed E-state index contributed by atoms with van der Waals surface area (Å²) in [6.45, 7) is 0.166. The monoisotopic (exact) mass is 403 g/mol. The Bertz CT molecular complexity index is 1060. The lowest BCUT2D eigenvalue weighted by atomic mass is 9.98. The number of aromatic hydroxyl groups is 1. The summed E-state index contributed by atoms with van der Waals surface area (Å²) in [6, 6.07) is 21.0. The maximum Gasteiger partial charge on any atom is 0.411 e. The molecule has 152 valence electrons. The molecular weight excluding hydrogens is 382 g/mol. The van der Waals surface area contributed by atoms with Crippen LogP contribution in [-0.4, -0.2) is 28.9 Å². The molecule has 0 unspecified atom stereocenters. The molecule has 6 nitrogen and oxygen atoms in total. The van der Waals surface area contributed by atoms with Gasteiger partial charge in [-0.1, -0.05) is 60.7 Å². The maximum atomic E-state index is 12.4. The number of carboxylic acid groups (broad SMARTS) is 1. The molecule has 4 rings (SSSR count). The lowest BCUT2D eigenvalue weighted by Crippen LogP contribution is -2.18. The summed E-state index contributed by atoms with van der Waals surface area (Å²) in [7, 11) is 0. The number of phenolic OH excluding ortho intramolecular Hbond substituents is 1. The summed E-state index contributed by atoms with van der Waals surface area (Å²) in [5.41, 5.74) is 5.16. The number of hydrogen-bond acceptors (Lipinski definition) is 4. The number of benzene rings is 3. The van der Waals surface area contributed by atoms with E-state index in [1.165, 1.54) is 0 Å². The molecule has 0 radical (unpaired) electrons. The van der Waals surface area contributed by atoms with E-state index in [-0.39, 0.29) is 36.8 Å². The molecule has 1 amide bonds. The van der Waals surface area contributed by atoms with E-state index in [0.717, 1.165) is 22.3 Å². The Kier molecular flexibility index (Phi) is 5.39. The number of rotatable bonds is 6. The number of hydrogen-bond donors (Lipinski definition) is 3. The SMILES string of the molecule is O=C(O)CCc1cccc(NC(=O)OCC2c3ccccc3-c3ccccc32)c1O. The number of para-hydroxylation sites is 1. The van der Waals surface area contributed by atoms with Crippen molar-refractivity contribution in [1.29, 1.82) is 0 Å². The molecule has 6 heteroatoms. The summed E-state index contributed by atoms with van der Waals surface area (Å²) in [4.78, 5) is 23.1. The number of carboxylic acids is 1. The van der Waals surface area contributed by atoms with Gasteiger partial charge in [0, 0.05) is 12.3 Å². The molecule has 3 N–H and O–H groups in total. The third kappa shape index (κ3) is 3.85. The molecule has 30 heavy (non-hydrogen) atoms. The minimum absolute atomic E-state index is 0.0568. The number of phenols is 1. The number of amides is 1. The molecule has 1 aliphatic rings. The van der Waals surface area contributed by atoms with Gasteiger partial charge >= 0.3 is 12.1 Å². The number of aryl methyl sites for hydroxylation is 1. The van der Waals surface area contributed by atoms with E-state index in [4.69, 9.17) is 9.84 Å². The van der Waals surface area contributed by atoms with Crippen molar-refractivity contribution in [2.24, 2.45) is 0 Å². The standard InChI is InChI=1S/C24H21NO5/c26-22(27)13-12-15-6-5-11-21(23(15)28)25-24(29)30-14-20-18-9-3-1-7-16(18)17-8-2-4-10-19(17)20/h1-11,20,28H,12-14H2,(H,25,29)(H,26,27). The summed E-state index contributed by atoms with van der Waals surface area (Å²) in [5, 5.41) is 21.7. The van der Waals surface area contributed by atoms with Gasteiger partial charge in [0.2, 0.25) is 0 Å². The fourth-order valence-electron chi connectivity index (χ4n) is 3.88. The highest BCUT2D eigenvalue weighted by molar-refractivity contribution is 5.87. The van der Waals surface area contributed by atoms with Gasteiger partial charge < -0.3 is 14.9 Å². The zero-order valence-electron chi connectivity index (χ0n) is 16.2. The van der Waals surface area contributed by atoms with Gasteiger partial charge in [-0.15, -0.1) is 0 Å².